The number of fused-ring (bicyclic) bond motifs is 1. The number of aromatic nitrogens is 1. The summed E-state index contributed by atoms with van der Waals surface area (Å²) < 4.78 is 1.48. The Labute approximate surface area is 133 Å². The highest BCUT2D eigenvalue weighted by atomic mass is 16.6. The fourth-order valence-corrected chi connectivity index (χ4v) is 3.20. The van der Waals surface area contributed by atoms with Crippen molar-refractivity contribution >= 4 is 22.3 Å². The quantitative estimate of drug-likeness (QED) is 0.636. The van der Waals surface area contributed by atoms with Gasteiger partial charge in [-0.3, -0.25) is 14.9 Å². The van der Waals surface area contributed by atoms with Crippen LogP contribution < -0.4 is 10.5 Å². The first-order valence-electron chi connectivity index (χ1n) is 7.78. The number of para-hydroxylation sites is 1. The van der Waals surface area contributed by atoms with E-state index in [1.54, 1.807) is 0 Å². The second-order valence-corrected chi connectivity index (χ2v) is 5.81. The summed E-state index contributed by atoms with van der Waals surface area (Å²) in [5, 5.41) is 12.4. The van der Waals surface area contributed by atoms with Gasteiger partial charge in [-0.05, 0) is 20.0 Å². The molecule has 1 aliphatic rings. The molecule has 0 bridgehead atoms. The van der Waals surface area contributed by atoms with Gasteiger partial charge in [-0.2, -0.15) is 0 Å². The van der Waals surface area contributed by atoms with Gasteiger partial charge in [0.25, 0.3) is 0 Å². The molecule has 7 nitrogen and oxygen atoms in total. The van der Waals surface area contributed by atoms with Crippen molar-refractivity contribution in [3.63, 3.8) is 0 Å². The van der Waals surface area contributed by atoms with Crippen molar-refractivity contribution in [3.05, 3.63) is 44.7 Å². The van der Waals surface area contributed by atoms with E-state index in [2.05, 4.69) is 4.90 Å². The van der Waals surface area contributed by atoms with Gasteiger partial charge >= 0.3 is 11.2 Å². The Morgan fingerprint density at radius 3 is 2.43 bits per heavy atom. The summed E-state index contributed by atoms with van der Waals surface area (Å²) in [5.74, 6) is 0. The lowest BCUT2D eigenvalue weighted by atomic mass is 10.1. The largest absolute Gasteiger partial charge is 0.363 e. The van der Waals surface area contributed by atoms with Gasteiger partial charge in [0.2, 0.25) is 0 Å². The molecule has 3 rings (SSSR count). The monoisotopic (exact) mass is 316 g/mol. The van der Waals surface area contributed by atoms with Crippen LogP contribution in [0.25, 0.3) is 10.9 Å². The van der Waals surface area contributed by atoms with Crippen molar-refractivity contribution in [2.24, 2.45) is 0 Å². The average Bonchev–Trinajstić information content (AvgIpc) is 2.54. The molecule has 122 valence electrons. The molecule has 0 N–H and O–H groups in total. The SMILES string of the molecule is CCn1c(=O)c([N+](=O)[O-])c(N2CCN(C)CC2)c2ccccc21. The Kier molecular flexibility index (Phi) is 4.04. The van der Waals surface area contributed by atoms with Crippen molar-refractivity contribution in [1.82, 2.24) is 9.47 Å². The van der Waals surface area contributed by atoms with Crippen LogP contribution in [0, 0.1) is 10.1 Å². The highest BCUT2D eigenvalue weighted by Gasteiger charge is 2.30. The highest BCUT2D eigenvalue weighted by Crippen LogP contribution is 2.33. The van der Waals surface area contributed by atoms with Crippen LogP contribution in [0.4, 0.5) is 11.4 Å². The molecule has 0 saturated carbocycles. The minimum atomic E-state index is -0.533. The van der Waals surface area contributed by atoms with E-state index in [0.29, 0.717) is 25.3 Å². The minimum Gasteiger partial charge on any atom is -0.363 e. The molecule has 0 atom stereocenters. The molecule has 0 unspecified atom stereocenters. The van der Waals surface area contributed by atoms with E-state index in [1.807, 2.05) is 43.1 Å². The third-order valence-corrected chi connectivity index (χ3v) is 4.44. The predicted octanol–water partition coefficient (Wildman–Crippen LogP) is 1.68. The van der Waals surface area contributed by atoms with E-state index in [-0.39, 0.29) is 5.69 Å². The smallest absolute Gasteiger partial charge is 0.357 e. The number of nitrogens with zero attached hydrogens (tertiary/aromatic N) is 4. The summed E-state index contributed by atoms with van der Waals surface area (Å²) in [4.78, 5) is 27.9. The molecule has 0 amide bonds. The van der Waals surface area contributed by atoms with E-state index in [4.69, 9.17) is 0 Å². The Morgan fingerprint density at radius 1 is 1.17 bits per heavy atom. The van der Waals surface area contributed by atoms with Crippen molar-refractivity contribution < 1.29 is 4.92 Å². The number of rotatable bonds is 3. The van der Waals surface area contributed by atoms with Gasteiger partial charge in [-0.15, -0.1) is 0 Å². The van der Waals surface area contributed by atoms with Gasteiger partial charge in [-0.25, -0.2) is 0 Å². The summed E-state index contributed by atoms with van der Waals surface area (Å²) in [6.45, 7) is 5.23. The van der Waals surface area contributed by atoms with Crippen LogP contribution in [0.1, 0.15) is 6.92 Å². The second kappa shape index (κ2) is 6.00. The Morgan fingerprint density at radius 2 is 1.83 bits per heavy atom. The molecule has 1 saturated heterocycles. The molecular weight excluding hydrogens is 296 g/mol. The van der Waals surface area contributed by atoms with Crippen molar-refractivity contribution in [2.45, 2.75) is 13.5 Å². The average molecular weight is 316 g/mol. The van der Waals surface area contributed by atoms with Crippen LogP contribution in [0.3, 0.4) is 0 Å². The number of anilines is 1. The van der Waals surface area contributed by atoms with E-state index < -0.39 is 10.5 Å². The summed E-state index contributed by atoms with van der Waals surface area (Å²) in [6.07, 6.45) is 0. The van der Waals surface area contributed by atoms with E-state index >= 15 is 0 Å². The summed E-state index contributed by atoms with van der Waals surface area (Å²) >= 11 is 0. The number of piperazine rings is 1. The molecule has 23 heavy (non-hydrogen) atoms. The number of aryl methyl sites for hydroxylation is 1. The van der Waals surface area contributed by atoms with Crippen LogP contribution in [0.15, 0.2) is 29.1 Å². The maximum atomic E-state index is 12.7. The summed E-state index contributed by atoms with van der Waals surface area (Å²) in [7, 11) is 2.03. The van der Waals surface area contributed by atoms with E-state index in [0.717, 1.165) is 24.0 Å². The fourth-order valence-electron chi connectivity index (χ4n) is 3.20. The van der Waals surface area contributed by atoms with Crippen LogP contribution in [0.5, 0.6) is 0 Å². The Hall–Kier alpha value is -2.41. The van der Waals surface area contributed by atoms with Crippen LogP contribution in [-0.2, 0) is 6.54 Å². The van der Waals surface area contributed by atoms with Crippen LogP contribution in [-0.4, -0.2) is 47.6 Å². The van der Waals surface area contributed by atoms with Gasteiger partial charge in [0, 0.05) is 38.1 Å². The first-order valence-corrected chi connectivity index (χ1v) is 7.78. The number of hydrogen-bond donors (Lipinski definition) is 0. The molecule has 0 aliphatic carbocycles. The molecule has 1 aromatic carbocycles. The van der Waals surface area contributed by atoms with E-state index in [1.165, 1.54) is 4.57 Å². The third-order valence-electron chi connectivity index (χ3n) is 4.44. The lowest BCUT2D eigenvalue weighted by Gasteiger charge is -2.34. The summed E-state index contributed by atoms with van der Waals surface area (Å²) in [6, 6.07) is 7.43. The molecule has 2 aromatic rings. The number of likely N-dealkylation sites (N-methyl/N-ethyl adjacent to an activating group) is 1. The molecule has 2 heterocycles. The standard InChI is InChI=1S/C16H20N4O3/c1-3-19-13-7-5-4-6-12(13)14(15(16(19)21)20(22)23)18-10-8-17(2)9-11-18/h4-7H,3,8-11H2,1-2H3. The first kappa shape index (κ1) is 15.5. The van der Waals surface area contributed by atoms with Gasteiger partial charge in [-0.1, -0.05) is 18.2 Å². The number of hydrogen-bond acceptors (Lipinski definition) is 5. The fraction of sp³-hybridized carbons (Fsp3) is 0.438. The second-order valence-electron chi connectivity index (χ2n) is 5.81. The summed E-state index contributed by atoms with van der Waals surface area (Å²) in [5.41, 5.74) is 0.383. The van der Waals surface area contributed by atoms with Gasteiger partial charge < -0.3 is 14.4 Å². The molecule has 1 aliphatic heterocycles. The number of nitro groups is 1. The number of benzene rings is 1. The Balaban J connectivity index is 2.32. The molecule has 7 heteroatoms. The zero-order chi connectivity index (χ0) is 16.6. The highest BCUT2D eigenvalue weighted by molar-refractivity contribution is 5.96. The van der Waals surface area contributed by atoms with Gasteiger partial charge in [0.05, 0.1) is 10.4 Å². The lowest BCUT2D eigenvalue weighted by Crippen LogP contribution is -2.45. The van der Waals surface area contributed by atoms with Crippen LogP contribution >= 0.6 is 0 Å². The van der Waals surface area contributed by atoms with Gasteiger partial charge in [0.15, 0.2) is 0 Å². The first-order chi connectivity index (χ1) is 11.0. The normalized spacial score (nSPS) is 16.0. The molecule has 1 aromatic heterocycles. The molecule has 0 spiro atoms. The van der Waals surface area contributed by atoms with Crippen molar-refractivity contribution in [1.29, 1.82) is 0 Å². The topological polar surface area (TPSA) is 71.6 Å². The maximum absolute atomic E-state index is 12.7. The minimum absolute atomic E-state index is 0.310. The Bertz CT molecular complexity index is 807. The predicted molar refractivity (Wildman–Crippen MR) is 90.2 cm³/mol. The zero-order valence-corrected chi connectivity index (χ0v) is 13.4. The van der Waals surface area contributed by atoms with Crippen molar-refractivity contribution in [3.8, 4) is 0 Å². The van der Waals surface area contributed by atoms with Gasteiger partial charge in [0.1, 0.15) is 5.69 Å². The molecule has 1 fully saturated rings. The van der Waals surface area contributed by atoms with Crippen LogP contribution in [0.2, 0.25) is 0 Å². The lowest BCUT2D eigenvalue weighted by molar-refractivity contribution is -0.385. The molecule has 0 radical (unpaired) electrons. The molecular formula is C16H20N4O3. The van der Waals surface area contributed by atoms with E-state index in [9.17, 15) is 14.9 Å². The maximum Gasteiger partial charge on any atom is 0.357 e. The zero-order valence-electron chi connectivity index (χ0n) is 13.4. The third kappa shape index (κ3) is 2.57. The van der Waals surface area contributed by atoms with Crippen molar-refractivity contribution in [2.75, 3.05) is 38.1 Å². The number of pyridine rings is 1.